The Morgan fingerprint density at radius 2 is 2.36 bits per heavy atom. The molecule has 0 unspecified atom stereocenters. The zero-order valence-electron chi connectivity index (χ0n) is 6.92. The van der Waals surface area contributed by atoms with Crippen LogP contribution in [0.5, 0.6) is 0 Å². The van der Waals surface area contributed by atoms with Crippen molar-refractivity contribution in [2.75, 3.05) is 0 Å². The first-order valence-corrected chi connectivity index (χ1v) is 5.22. The highest BCUT2D eigenvalue weighted by Crippen LogP contribution is 2.19. The Morgan fingerprint density at radius 1 is 1.64 bits per heavy atom. The van der Waals surface area contributed by atoms with E-state index in [2.05, 4.69) is 28.9 Å². The molecule has 1 aromatic rings. The fourth-order valence-electron chi connectivity index (χ4n) is 0.548. The molecular formula is C7H12N2S2. The van der Waals surface area contributed by atoms with E-state index in [9.17, 15) is 0 Å². The molecule has 0 atom stereocenters. The van der Waals surface area contributed by atoms with E-state index in [0.717, 1.165) is 10.0 Å². The van der Waals surface area contributed by atoms with Crippen LogP contribution in [0.25, 0.3) is 0 Å². The topological polar surface area (TPSA) is 24.9 Å². The highest BCUT2D eigenvalue weighted by Gasteiger charge is 1.99. The lowest BCUT2D eigenvalue weighted by Crippen LogP contribution is -2.13. The number of aryl methyl sites for hydroxylation is 1. The van der Waals surface area contributed by atoms with Crippen molar-refractivity contribution in [2.24, 2.45) is 0 Å². The van der Waals surface area contributed by atoms with Gasteiger partial charge in [0.1, 0.15) is 0 Å². The van der Waals surface area contributed by atoms with Crippen molar-refractivity contribution in [1.82, 2.24) is 9.71 Å². The van der Waals surface area contributed by atoms with E-state index < -0.39 is 0 Å². The third-order valence-electron chi connectivity index (χ3n) is 0.980. The molecule has 4 heteroatoms. The fourth-order valence-corrected chi connectivity index (χ4v) is 2.08. The normalized spacial score (nSPS) is 10.9. The number of rotatable bonds is 3. The van der Waals surface area contributed by atoms with Crippen molar-refractivity contribution in [3.05, 3.63) is 11.1 Å². The molecule has 1 rings (SSSR count). The number of hydrogen-bond acceptors (Lipinski definition) is 4. The Hall–Kier alpha value is -0.0600. The summed E-state index contributed by atoms with van der Waals surface area (Å²) in [5.41, 5.74) is 1.10. The van der Waals surface area contributed by atoms with Crippen LogP contribution in [0.3, 0.4) is 0 Å². The monoisotopic (exact) mass is 188 g/mol. The van der Waals surface area contributed by atoms with Gasteiger partial charge in [0.05, 0.1) is 0 Å². The molecule has 1 heterocycles. The number of thiazole rings is 1. The largest absolute Gasteiger partial charge is 0.255 e. The highest BCUT2D eigenvalue weighted by atomic mass is 32.2. The average molecular weight is 188 g/mol. The van der Waals surface area contributed by atoms with Gasteiger partial charge in [0, 0.05) is 17.1 Å². The van der Waals surface area contributed by atoms with Gasteiger partial charge >= 0.3 is 0 Å². The summed E-state index contributed by atoms with van der Waals surface area (Å²) in [7, 11) is 0. The predicted octanol–water partition coefficient (Wildman–Crippen LogP) is 2.46. The van der Waals surface area contributed by atoms with Crippen molar-refractivity contribution in [3.63, 3.8) is 0 Å². The molecule has 0 aliphatic heterocycles. The summed E-state index contributed by atoms with van der Waals surface area (Å²) in [5.74, 6) is 0. The standard InChI is InChI=1S/C7H12N2S2/c1-5(2)9-11-7-8-6(3)4-10-7/h4-5,9H,1-3H3. The molecule has 0 aliphatic carbocycles. The van der Waals surface area contributed by atoms with Gasteiger partial charge in [-0.2, -0.15) is 0 Å². The van der Waals surface area contributed by atoms with Crippen LogP contribution in [-0.4, -0.2) is 11.0 Å². The van der Waals surface area contributed by atoms with Gasteiger partial charge in [-0.3, -0.25) is 4.72 Å². The quantitative estimate of drug-likeness (QED) is 0.738. The van der Waals surface area contributed by atoms with Crippen LogP contribution >= 0.6 is 23.3 Å². The van der Waals surface area contributed by atoms with Crippen LogP contribution in [0.15, 0.2) is 9.72 Å². The van der Waals surface area contributed by atoms with Crippen molar-refractivity contribution < 1.29 is 0 Å². The van der Waals surface area contributed by atoms with Crippen LogP contribution in [0.2, 0.25) is 0 Å². The lowest BCUT2D eigenvalue weighted by molar-refractivity contribution is 0.770. The van der Waals surface area contributed by atoms with Gasteiger partial charge in [0.25, 0.3) is 0 Å². The first kappa shape index (κ1) is 9.03. The minimum atomic E-state index is 0.504. The molecule has 0 bridgehead atoms. The number of nitrogens with zero attached hydrogens (tertiary/aromatic N) is 1. The Kier molecular flexibility index (Phi) is 3.36. The van der Waals surface area contributed by atoms with Gasteiger partial charge in [-0.25, -0.2) is 4.98 Å². The molecule has 1 N–H and O–H groups in total. The van der Waals surface area contributed by atoms with Gasteiger partial charge in [0.2, 0.25) is 0 Å². The first-order chi connectivity index (χ1) is 5.18. The summed E-state index contributed by atoms with van der Waals surface area (Å²) in [6, 6.07) is 0.504. The third kappa shape index (κ3) is 3.22. The average Bonchev–Trinajstić information content (AvgIpc) is 2.31. The fraction of sp³-hybridized carbons (Fsp3) is 0.571. The molecule has 0 spiro atoms. The third-order valence-corrected chi connectivity index (χ3v) is 3.13. The van der Waals surface area contributed by atoms with E-state index in [1.165, 1.54) is 0 Å². The lowest BCUT2D eigenvalue weighted by Gasteiger charge is -2.02. The summed E-state index contributed by atoms with van der Waals surface area (Å²) in [6.45, 7) is 6.25. The molecule has 0 radical (unpaired) electrons. The molecule has 0 fully saturated rings. The molecule has 0 saturated heterocycles. The van der Waals surface area contributed by atoms with Crippen molar-refractivity contribution >= 4 is 23.3 Å². The minimum Gasteiger partial charge on any atom is -0.255 e. The summed E-state index contributed by atoms with van der Waals surface area (Å²) in [6.07, 6.45) is 0. The maximum Gasteiger partial charge on any atom is 0.165 e. The van der Waals surface area contributed by atoms with Gasteiger partial charge in [-0.15, -0.1) is 11.3 Å². The van der Waals surface area contributed by atoms with E-state index in [-0.39, 0.29) is 0 Å². The Labute approximate surface area is 75.6 Å². The van der Waals surface area contributed by atoms with Gasteiger partial charge in [-0.1, -0.05) is 0 Å². The van der Waals surface area contributed by atoms with Crippen LogP contribution in [-0.2, 0) is 0 Å². The second-order valence-corrected chi connectivity index (χ2v) is 4.57. The van der Waals surface area contributed by atoms with E-state index in [1.807, 2.05) is 6.92 Å². The van der Waals surface area contributed by atoms with Gasteiger partial charge < -0.3 is 0 Å². The molecule has 62 valence electrons. The second kappa shape index (κ2) is 4.09. The molecule has 11 heavy (non-hydrogen) atoms. The Morgan fingerprint density at radius 3 is 2.82 bits per heavy atom. The summed E-state index contributed by atoms with van der Waals surface area (Å²) < 4.78 is 4.33. The zero-order chi connectivity index (χ0) is 8.27. The minimum absolute atomic E-state index is 0.504. The lowest BCUT2D eigenvalue weighted by atomic mass is 10.4. The van der Waals surface area contributed by atoms with Crippen molar-refractivity contribution in [2.45, 2.75) is 31.2 Å². The number of hydrogen-bond donors (Lipinski definition) is 1. The maximum atomic E-state index is 4.30. The van der Waals surface area contributed by atoms with E-state index in [1.54, 1.807) is 23.3 Å². The maximum absolute atomic E-state index is 4.30. The predicted molar refractivity (Wildman–Crippen MR) is 51.0 cm³/mol. The summed E-state index contributed by atoms with van der Waals surface area (Å²) >= 11 is 3.29. The number of aromatic nitrogens is 1. The SMILES string of the molecule is Cc1csc(SNC(C)C)n1. The van der Waals surface area contributed by atoms with Gasteiger partial charge in [-0.05, 0) is 32.7 Å². The second-order valence-electron chi connectivity index (χ2n) is 2.63. The zero-order valence-corrected chi connectivity index (χ0v) is 8.55. The highest BCUT2D eigenvalue weighted by molar-refractivity contribution is 7.99. The summed E-state index contributed by atoms with van der Waals surface area (Å²) in [5, 5.41) is 2.06. The van der Waals surface area contributed by atoms with E-state index >= 15 is 0 Å². The first-order valence-electron chi connectivity index (χ1n) is 3.53. The Balaban J connectivity index is 2.39. The number of nitrogens with one attached hydrogen (secondary N) is 1. The van der Waals surface area contributed by atoms with Crippen molar-refractivity contribution in [3.8, 4) is 0 Å². The summed E-state index contributed by atoms with van der Waals surface area (Å²) in [4.78, 5) is 4.30. The molecule has 0 aromatic carbocycles. The van der Waals surface area contributed by atoms with Crippen LogP contribution in [0.1, 0.15) is 19.5 Å². The Bertz CT molecular complexity index is 220. The van der Waals surface area contributed by atoms with E-state index in [0.29, 0.717) is 6.04 Å². The van der Waals surface area contributed by atoms with E-state index in [4.69, 9.17) is 0 Å². The van der Waals surface area contributed by atoms with Crippen LogP contribution in [0, 0.1) is 6.92 Å². The molecule has 0 saturated carbocycles. The molecule has 0 amide bonds. The van der Waals surface area contributed by atoms with Crippen LogP contribution in [0.4, 0.5) is 0 Å². The smallest absolute Gasteiger partial charge is 0.165 e. The molecule has 0 aliphatic rings. The van der Waals surface area contributed by atoms with Gasteiger partial charge in [0.15, 0.2) is 4.34 Å². The van der Waals surface area contributed by atoms with Crippen molar-refractivity contribution in [1.29, 1.82) is 0 Å². The molecule has 2 nitrogen and oxygen atoms in total. The molecular weight excluding hydrogens is 176 g/mol. The van der Waals surface area contributed by atoms with Crippen LogP contribution < -0.4 is 4.72 Å². The molecule has 1 aromatic heterocycles.